The first-order valence-electron chi connectivity index (χ1n) is 7.35. The van der Waals surface area contributed by atoms with Crippen LogP contribution >= 0.6 is 11.3 Å². The van der Waals surface area contributed by atoms with Gasteiger partial charge in [0.2, 0.25) is 5.91 Å². The zero-order valence-electron chi connectivity index (χ0n) is 12.7. The molecule has 0 aromatic carbocycles. The van der Waals surface area contributed by atoms with Crippen LogP contribution in [0.4, 0.5) is 5.13 Å². The molecule has 0 spiro atoms. The van der Waals surface area contributed by atoms with Crippen molar-refractivity contribution in [1.82, 2.24) is 9.97 Å². The lowest BCUT2D eigenvalue weighted by molar-refractivity contribution is -0.121. The van der Waals surface area contributed by atoms with Crippen molar-refractivity contribution < 1.29 is 14.3 Å². The monoisotopic (exact) mass is 334 g/mol. The summed E-state index contributed by atoms with van der Waals surface area (Å²) in [4.78, 5) is 30.9. The largest absolute Gasteiger partial charge is 0.464 e. The van der Waals surface area contributed by atoms with Gasteiger partial charge in [0.1, 0.15) is 5.69 Å². The predicted molar refractivity (Wildman–Crippen MR) is 87.3 cm³/mol. The molecule has 1 saturated carbocycles. The molecule has 2 heterocycles. The minimum Gasteiger partial charge on any atom is -0.464 e. The van der Waals surface area contributed by atoms with Crippen LogP contribution in [0.5, 0.6) is 0 Å². The number of rotatable bonds is 4. The summed E-state index contributed by atoms with van der Waals surface area (Å²) in [6.45, 7) is 0. The maximum atomic E-state index is 12.3. The lowest BCUT2D eigenvalue weighted by Crippen LogP contribution is -2.48. The third-order valence-electron chi connectivity index (χ3n) is 4.06. The van der Waals surface area contributed by atoms with Crippen LogP contribution < -0.4 is 11.1 Å². The van der Waals surface area contributed by atoms with E-state index in [9.17, 15) is 9.59 Å². The minimum atomic E-state index is -0.780. The van der Waals surface area contributed by atoms with E-state index in [1.54, 1.807) is 12.3 Å². The van der Waals surface area contributed by atoms with E-state index in [1.165, 1.54) is 18.4 Å². The highest BCUT2D eigenvalue weighted by atomic mass is 32.1. The third kappa shape index (κ3) is 3.13. The number of nitrogens with one attached hydrogen (secondary N) is 2. The molecule has 8 heteroatoms. The molecule has 2 aromatic rings. The molecule has 3 rings (SSSR count). The van der Waals surface area contributed by atoms with Crippen molar-refractivity contribution in [1.29, 1.82) is 0 Å². The molecular weight excluding hydrogens is 316 g/mol. The summed E-state index contributed by atoms with van der Waals surface area (Å²) in [5.74, 6) is -0.619. The van der Waals surface area contributed by atoms with E-state index < -0.39 is 11.5 Å². The van der Waals surface area contributed by atoms with Crippen molar-refractivity contribution in [3.8, 4) is 11.3 Å². The first kappa shape index (κ1) is 15.7. The number of amides is 1. The number of hydrogen-bond acceptors (Lipinski definition) is 6. The number of nitrogens with zero attached hydrogens (tertiary/aromatic N) is 1. The summed E-state index contributed by atoms with van der Waals surface area (Å²) in [7, 11) is 1.32. The number of hydrogen-bond donors (Lipinski definition) is 3. The molecule has 23 heavy (non-hydrogen) atoms. The topological polar surface area (TPSA) is 110 Å². The summed E-state index contributed by atoms with van der Waals surface area (Å²) in [5, 5.41) is 5.12. The van der Waals surface area contributed by atoms with Crippen LogP contribution in [0.2, 0.25) is 0 Å². The molecule has 0 unspecified atom stereocenters. The van der Waals surface area contributed by atoms with Crippen LogP contribution in [0.1, 0.15) is 36.2 Å². The highest BCUT2D eigenvalue weighted by Gasteiger charge is 2.37. The van der Waals surface area contributed by atoms with E-state index in [0.717, 1.165) is 18.4 Å². The average Bonchev–Trinajstić information content (AvgIpc) is 3.26. The smallest absolute Gasteiger partial charge is 0.354 e. The Kier molecular flexibility index (Phi) is 4.18. The normalized spacial score (nSPS) is 16.3. The predicted octanol–water partition coefficient (Wildman–Crippen LogP) is 2.13. The van der Waals surface area contributed by atoms with E-state index in [-0.39, 0.29) is 5.91 Å². The second-order valence-corrected chi connectivity index (χ2v) is 6.51. The molecule has 0 radical (unpaired) electrons. The van der Waals surface area contributed by atoms with Crippen molar-refractivity contribution in [2.24, 2.45) is 5.73 Å². The molecule has 4 N–H and O–H groups in total. The number of aromatic nitrogens is 2. The minimum absolute atomic E-state index is 0.180. The summed E-state index contributed by atoms with van der Waals surface area (Å²) in [6, 6.07) is 1.66. The van der Waals surface area contributed by atoms with E-state index in [0.29, 0.717) is 29.4 Å². The molecule has 7 nitrogen and oxygen atoms in total. The van der Waals surface area contributed by atoms with Crippen LogP contribution in [0.25, 0.3) is 11.3 Å². The van der Waals surface area contributed by atoms with Gasteiger partial charge in [-0.2, -0.15) is 0 Å². The average molecular weight is 334 g/mol. The van der Waals surface area contributed by atoms with Gasteiger partial charge >= 0.3 is 5.97 Å². The Morgan fingerprint density at radius 2 is 2.17 bits per heavy atom. The van der Waals surface area contributed by atoms with Gasteiger partial charge in [-0.3, -0.25) is 4.79 Å². The Labute approximate surface area is 137 Å². The number of carbonyl (C=O) groups excluding carboxylic acids is 2. The summed E-state index contributed by atoms with van der Waals surface area (Å²) < 4.78 is 4.65. The number of anilines is 1. The fraction of sp³-hybridized carbons (Fsp3) is 0.400. The Bertz CT molecular complexity index is 731. The molecule has 122 valence electrons. The molecule has 0 atom stereocenters. The van der Waals surface area contributed by atoms with Crippen molar-refractivity contribution in [2.75, 3.05) is 12.4 Å². The molecule has 1 amide bonds. The number of aromatic amines is 1. The molecular formula is C15H18N4O3S. The quantitative estimate of drug-likeness (QED) is 0.742. The zero-order valence-corrected chi connectivity index (χ0v) is 13.5. The van der Waals surface area contributed by atoms with Gasteiger partial charge in [-0.05, 0) is 18.9 Å². The maximum absolute atomic E-state index is 12.3. The maximum Gasteiger partial charge on any atom is 0.354 e. The van der Waals surface area contributed by atoms with E-state index in [2.05, 4.69) is 20.0 Å². The Morgan fingerprint density at radius 3 is 2.87 bits per heavy atom. The van der Waals surface area contributed by atoms with Crippen molar-refractivity contribution >= 4 is 28.3 Å². The standard InChI is InChI=1S/C15H18N4O3S/c1-22-12(20)10-6-9(7-17-10)11-8-23-14(18-11)19-13(21)15(16)4-2-3-5-15/h6-8,17H,2-5,16H2,1H3,(H,18,19,21). The zero-order chi connectivity index (χ0) is 16.4. The van der Waals surface area contributed by atoms with Gasteiger partial charge in [0.05, 0.1) is 18.3 Å². The Balaban J connectivity index is 1.72. The van der Waals surface area contributed by atoms with Gasteiger partial charge < -0.3 is 20.8 Å². The summed E-state index contributed by atoms with van der Waals surface area (Å²) >= 11 is 1.32. The number of nitrogens with two attached hydrogens (primary N) is 1. The second-order valence-electron chi connectivity index (χ2n) is 5.65. The lowest BCUT2D eigenvalue weighted by atomic mass is 9.98. The molecule has 0 aliphatic heterocycles. The molecule has 0 saturated heterocycles. The fourth-order valence-electron chi connectivity index (χ4n) is 2.69. The number of esters is 1. The molecule has 1 aliphatic carbocycles. The number of thiazole rings is 1. The summed E-state index contributed by atoms with van der Waals surface area (Å²) in [5.41, 5.74) is 7.13. The van der Waals surface area contributed by atoms with Gasteiger partial charge in [-0.15, -0.1) is 11.3 Å². The lowest BCUT2D eigenvalue weighted by Gasteiger charge is -2.21. The van der Waals surface area contributed by atoms with Gasteiger partial charge in [0.25, 0.3) is 0 Å². The highest BCUT2D eigenvalue weighted by molar-refractivity contribution is 7.14. The van der Waals surface area contributed by atoms with Gasteiger partial charge in [-0.25, -0.2) is 9.78 Å². The number of ether oxygens (including phenoxy) is 1. The van der Waals surface area contributed by atoms with Crippen molar-refractivity contribution in [3.05, 3.63) is 23.3 Å². The van der Waals surface area contributed by atoms with Crippen LogP contribution in [0, 0.1) is 0 Å². The van der Waals surface area contributed by atoms with Gasteiger partial charge in [-0.1, -0.05) is 12.8 Å². The molecule has 1 aliphatic rings. The Morgan fingerprint density at radius 1 is 1.43 bits per heavy atom. The SMILES string of the molecule is COC(=O)c1cc(-c2csc(NC(=O)C3(N)CCCC3)n2)c[nH]1. The van der Waals surface area contributed by atoms with Crippen molar-refractivity contribution in [2.45, 2.75) is 31.2 Å². The van der Waals surface area contributed by atoms with Gasteiger partial charge in [0, 0.05) is 17.1 Å². The van der Waals surface area contributed by atoms with E-state index in [4.69, 9.17) is 5.73 Å². The highest BCUT2D eigenvalue weighted by Crippen LogP contribution is 2.30. The van der Waals surface area contributed by atoms with Crippen molar-refractivity contribution in [3.63, 3.8) is 0 Å². The number of H-pyrrole nitrogens is 1. The first-order chi connectivity index (χ1) is 11.0. The third-order valence-corrected chi connectivity index (χ3v) is 4.81. The van der Waals surface area contributed by atoms with Gasteiger partial charge in [0.15, 0.2) is 5.13 Å². The van der Waals surface area contributed by atoms with E-state index >= 15 is 0 Å². The van der Waals surface area contributed by atoms with Crippen LogP contribution in [0.3, 0.4) is 0 Å². The van der Waals surface area contributed by atoms with E-state index in [1.807, 2.05) is 5.38 Å². The second kappa shape index (κ2) is 6.13. The molecule has 2 aromatic heterocycles. The van der Waals surface area contributed by atoms with Crippen LogP contribution in [-0.2, 0) is 9.53 Å². The number of methoxy groups -OCH3 is 1. The number of carbonyl (C=O) groups is 2. The first-order valence-corrected chi connectivity index (χ1v) is 8.23. The fourth-order valence-corrected chi connectivity index (χ4v) is 3.40. The van der Waals surface area contributed by atoms with Crippen LogP contribution in [-0.4, -0.2) is 34.5 Å². The summed E-state index contributed by atoms with van der Waals surface area (Å²) in [6.07, 6.45) is 5.04. The molecule has 0 bridgehead atoms. The van der Waals surface area contributed by atoms with Crippen LogP contribution in [0.15, 0.2) is 17.6 Å². The Hall–Kier alpha value is -2.19. The molecule has 1 fully saturated rings.